The number of carbonyl (C=O) groups excluding carboxylic acids is 1. The van der Waals surface area contributed by atoms with Crippen LogP contribution in [-0.4, -0.2) is 28.2 Å². The molecule has 3 nitrogen and oxygen atoms in total. The molecule has 0 radical (unpaired) electrons. The normalized spacial score (nSPS) is 14.4. The first kappa shape index (κ1) is 12.9. The van der Waals surface area contributed by atoms with Crippen molar-refractivity contribution in [1.82, 2.24) is 0 Å². The maximum atomic E-state index is 11.7. The molecule has 3 heteroatoms. The summed E-state index contributed by atoms with van der Waals surface area (Å²) in [4.78, 5) is 11.7. The van der Waals surface area contributed by atoms with Crippen LogP contribution in [0.1, 0.15) is 36.5 Å². The molecule has 0 heterocycles. The Morgan fingerprint density at radius 2 is 1.88 bits per heavy atom. The third kappa shape index (κ3) is 3.43. The van der Waals surface area contributed by atoms with Gasteiger partial charge in [-0.05, 0) is 6.42 Å². The van der Waals surface area contributed by atoms with Crippen LogP contribution in [0.2, 0.25) is 0 Å². The second-order valence-electron chi connectivity index (χ2n) is 3.88. The van der Waals surface area contributed by atoms with Gasteiger partial charge >= 0.3 is 0 Å². The van der Waals surface area contributed by atoms with Gasteiger partial charge in [-0.1, -0.05) is 50.1 Å². The number of rotatable bonds is 6. The summed E-state index contributed by atoms with van der Waals surface area (Å²) in [5.41, 5.74) is 0.436. The van der Waals surface area contributed by atoms with Gasteiger partial charge in [0.2, 0.25) is 0 Å². The molecule has 88 valence electrons. The molecule has 0 saturated carbocycles. The van der Waals surface area contributed by atoms with Crippen molar-refractivity contribution in [3.8, 4) is 0 Å². The lowest BCUT2D eigenvalue weighted by Gasteiger charge is -2.16. The molecule has 1 aromatic carbocycles. The van der Waals surface area contributed by atoms with Crippen LogP contribution in [-0.2, 0) is 0 Å². The zero-order valence-corrected chi connectivity index (χ0v) is 9.47. The van der Waals surface area contributed by atoms with Gasteiger partial charge in [-0.3, -0.25) is 4.79 Å². The molecule has 1 aromatic rings. The predicted octanol–water partition coefficient (Wildman–Crippen LogP) is 1.78. The number of hydrogen-bond donors (Lipinski definition) is 2. The van der Waals surface area contributed by atoms with Crippen LogP contribution in [0.3, 0.4) is 0 Å². The Kier molecular flexibility index (Phi) is 5.15. The molecule has 16 heavy (non-hydrogen) atoms. The van der Waals surface area contributed by atoms with Crippen LogP contribution < -0.4 is 0 Å². The highest BCUT2D eigenvalue weighted by Gasteiger charge is 2.24. The highest BCUT2D eigenvalue weighted by molar-refractivity contribution is 5.99. The average molecular weight is 222 g/mol. The Morgan fingerprint density at radius 3 is 2.44 bits per heavy atom. The van der Waals surface area contributed by atoms with Gasteiger partial charge in [0.25, 0.3) is 0 Å². The fourth-order valence-electron chi connectivity index (χ4n) is 1.52. The zero-order valence-electron chi connectivity index (χ0n) is 9.47. The third-order valence-electron chi connectivity index (χ3n) is 2.54. The molecule has 0 spiro atoms. The molecule has 0 aliphatic heterocycles. The van der Waals surface area contributed by atoms with E-state index in [4.69, 9.17) is 0 Å². The number of unbranched alkanes of at least 4 members (excludes halogenated alkanes) is 1. The van der Waals surface area contributed by atoms with Crippen molar-refractivity contribution in [2.45, 2.75) is 38.4 Å². The molecule has 0 saturated heterocycles. The van der Waals surface area contributed by atoms with E-state index in [1.165, 1.54) is 0 Å². The highest BCUT2D eigenvalue weighted by Crippen LogP contribution is 2.10. The average Bonchev–Trinajstić information content (AvgIpc) is 2.35. The number of aliphatic hydroxyl groups is 2. The van der Waals surface area contributed by atoms with E-state index in [1.54, 1.807) is 30.3 Å². The fraction of sp³-hybridized carbons (Fsp3) is 0.462. The van der Waals surface area contributed by atoms with E-state index in [0.717, 1.165) is 12.8 Å². The monoisotopic (exact) mass is 222 g/mol. The van der Waals surface area contributed by atoms with E-state index in [0.29, 0.717) is 12.0 Å². The minimum Gasteiger partial charge on any atom is -0.390 e. The lowest BCUT2D eigenvalue weighted by molar-refractivity contribution is 0.0169. The third-order valence-corrected chi connectivity index (χ3v) is 2.54. The summed E-state index contributed by atoms with van der Waals surface area (Å²) in [5.74, 6) is -0.413. The first-order valence-electron chi connectivity index (χ1n) is 5.62. The minimum atomic E-state index is -1.31. The van der Waals surface area contributed by atoms with Crippen molar-refractivity contribution < 1.29 is 15.0 Å². The Balaban J connectivity index is 2.60. The molecular weight excluding hydrogens is 204 g/mol. The summed E-state index contributed by atoms with van der Waals surface area (Å²) < 4.78 is 0. The van der Waals surface area contributed by atoms with Crippen molar-refractivity contribution in [2.75, 3.05) is 0 Å². The molecule has 2 N–H and O–H groups in total. The summed E-state index contributed by atoms with van der Waals surface area (Å²) in [5, 5.41) is 19.3. The van der Waals surface area contributed by atoms with Crippen molar-refractivity contribution in [3.63, 3.8) is 0 Å². The number of Topliss-reactive ketones (excluding diaryl/α,β-unsaturated/α-hetero) is 1. The van der Waals surface area contributed by atoms with Gasteiger partial charge in [-0.2, -0.15) is 0 Å². The van der Waals surface area contributed by atoms with Crippen LogP contribution in [0.4, 0.5) is 0 Å². The van der Waals surface area contributed by atoms with Gasteiger partial charge in [0.05, 0.1) is 6.10 Å². The summed E-state index contributed by atoms with van der Waals surface area (Å²) >= 11 is 0. The van der Waals surface area contributed by atoms with Gasteiger partial charge in [0, 0.05) is 5.56 Å². The van der Waals surface area contributed by atoms with Crippen LogP contribution in [0.5, 0.6) is 0 Å². The number of hydrogen-bond acceptors (Lipinski definition) is 3. The molecule has 1 rings (SSSR count). The number of carbonyl (C=O) groups is 1. The Morgan fingerprint density at radius 1 is 1.25 bits per heavy atom. The van der Waals surface area contributed by atoms with Crippen LogP contribution in [0.25, 0.3) is 0 Å². The lowest BCUT2D eigenvalue weighted by Crippen LogP contribution is -2.33. The highest BCUT2D eigenvalue weighted by atomic mass is 16.3. The Labute approximate surface area is 95.7 Å². The van der Waals surface area contributed by atoms with Gasteiger partial charge < -0.3 is 10.2 Å². The maximum absolute atomic E-state index is 11.7. The molecule has 0 unspecified atom stereocenters. The van der Waals surface area contributed by atoms with Crippen molar-refractivity contribution in [1.29, 1.82) is 0 Å². The van der Waals surface area contributed by atoms with Gasteiger partial charge in [-0.25, -0.2) is 0 Å². The van der Waals surface area contributed by atoms with E-state index in [1.807, 2.05) is 6.92 Å². The van der Waals surface area contributed by atoms with E-state index < -0.39 is 18.0 Å². The first-order valence-corrected chi connectivity index (χ1v) is 5.62. The zero-order chi connectivity index (χ0) is 12.0. The van der Waals surface area contributed by atoms with Crippen LogP contribution in [0, 0.1) is 0 Å². The molecule has 0 fully saturated rings. The summed E-state index contributed by atoms with van der Waals surface area (Å²) in [7, 11) is 0. The lowest BCUT2D eigenvalue weighted by atomic mass is 9.99. The second kappa shape index (κ2) is 6.40. The summed E-state index contributed by atoms with van der Waals surface area (Å²) in [6.45, 7) is 2.00. The van der Waals surface area contributed by atoms with E-state index in [2.05, 4.69) is 0 Å². The molecule has 0 aromatic heterocycles. The molecule has 0 amide bonds. The minimum absolute atomic E-state index is 0.413. The van der Waals surface area contributed by atoms with Gasteiger partial charge in [-0.15, -0.1) is 0 Å². The van der Waals surface area contributed by atoms with Crippen LogP contribution in [0.15, 0.2) is 30.3 Å². The van der Waals surface area contributed by atoms with E-state index >= 15 is 0 Å². The van der Waals surface area contributed by atoms with Crippen molar-refractivity contribution in [2.24, 2.45) is 0 Å². The molecular formula is C13H18O3. The topological polar surface area (TPSA) is 57.5 Å². The van der Waals surface area contributed by atoms with Crippen molar-refractivity contribution in [3.05, 3.63) is 35.9 Å². The quantitative estimate of drug-likeness (QED) is 0.721. The Bertz CT molecular complexity index is 321. The number of benzene rings is 1. The maximum Gasteiger partial charge on any atom is 0.193 e. The second-order valence-corrected chi connectivity index (χ2v) is 3.88. The smallest absolute Gasteiger partial charge is 0.193 e. The number of ketones is 1. The summed E-state index contributed by atoms with van der Waals surface area (Å²) in [6.07, 6.45) is -0.0820. The predicted molar refractivity (Wildman–Crippen MR) is 62.3 cm³/mol. The van der Waals surface area contributed by atoms with Gasteiger partial charge in [0.15, 0.2) is 5.78 Å². The molecule has 0 aliphatic carbocycles. The summed E-state index contributed by atoms with van der Waals surface area (Å²) in [6, 6.07) is 8.55. The molecule has 0 aliphatic rings. The standard InChI is InChI=1S/C13H18O3/c1-2-3-9-11(14)13(16)12(15)10-7-5-4-6-8-10/h4-8,11,13-14,16H,2-3,9H2,1H3/t11-,13+/m1/s1. The van der Waals surface area contributed by atoms with E-state index in [-0.39, 0.29) is 0 Å². The SMILES string of the molecule is CCCC[C@@H](O)[C@H](O)C(=O)c1ccccc1. The van der Waals surface area contributed by atoms with E-state index in [9.17, 15) is 15.0 Å². The number of aliphatic hydroxyl groups excluding tert-OH is 2. The fourth-order valence-corrected chi connectivity index (χ4v) is 1.52. The molecule has 2 atom stereocenters. The Hall–Kier alpha value is -1.19. The van der Waals surface area contributed by atoms with Crippen LogP contribution >= 0.6 is 0 Å². The van der Waals surface area contributed by atoms with Crippen molar-refractivity contribution >= 4 is 5.78 Å². The first-order chi connectivity index (χ1) is 7.66. The molecule has 0 bridgehead atoms. The van der Waals surface area contributed by atoms with Gasteiger partial charge in [0.1, 0.15) is 6.10 Å². The largest absolute Gasteiger partial charge is 0.390 e.